The van der Waals surface area contributed by atoms with Gasteiger partial charge in [-0.1, -0.05) is 212 Å². The SMILES string of the molecule is CCCCCCCCn1c2ccc(/C=C/c3ccc(N(c4ccccc4)c4ccccc4)cc3)cc2c2cc3c(cc21)c1cc(/C=C/c2ccc(N(c4ccccc4)c4ccccc4)cc2)ccc1n3CCCCCCCC. The molecule has 0 aliphatic rings. The summed E-state index contributed by atoms with van der Waals surface area (Å²) in [6.07, 6.45) is 24.4. The lowest BCUT2D eigenvalue weighted by Crippen LogP contribution is -2.09. The second-order valence-electron chi connectivity index (χ2n) is 21.1. The number of para-hydroxylation sites is 4. The molecule has 0 bridgehead atoms. The summed E-state index contributed by atoms with van der Waals surface area (Å²) in [5.41, 5.74) is 16.9. The van der Waals surface area contributed by atoms with Gasteiger partial charge in [-0.05, 0) is 144 Å². The molecule has 0 saturated carbocycles. The van der Waals surface area contributed by atoms with E-state index in [1.54, 1.807) is 0 Å². The van der Waals surface area contributed by atoms with Crippen molar-refractivity contribution in [1.82, 2.24) is 9.13 Å². The van der Waals surface area contributed by atoms with Gasteiger partial charge in [-0.3, -0.25) is 0 Å². The average Bonchev–Trinajstić information content (AvgIpc) is 4.02. The Morgan fingerprint density at radius 3 is 0.897 bits per heavy atom. The second-order valence-corrected chi connectivity index (χ2v) is 21.1. The molecule has 78 heavy (non-hydrogen) atoms. The van der Waals surface area contributed by atoms with Gasteiger partial charge in [0.2, 0.25) is 0 Å². The van der Waals surface area contributed by atoms with Crippen molar-refractivity contribution >= 4 is 102 Å². The number of nitrogens with zero attached hydrogens (tertiary/aromatic N) is 4. The first-order valence-corrected chi connectivity index (χ1v) is 29.0. The number of fused-ring (bicyclic) bond motifs is 6. The minimum atomic E-state index is 1.01. The zero-order chi connectivity index (χ0) is 52.9. The number of aryl methyl sites for hydroxylation is 2. The van der Waals surface area contributed by atoms with Crippen LogP contribution in [-0.2, 0) is 13.1 Å². The molecule has 11 rings (SSSR count). The van der Waals surface area contributed by atoms with Crippen LogP contribution in [0.3, 0.4) is 0 Å². The molecule has 390 valence electrons. The maximum absolute atomic E-state index is 2.64. The Labute approximate surface area is 463 Å². The third-order valence-electron chi connectivity index (χ3n) is 15.7. The molecule has 0 N–H and O–H groups in total. The van der Waals surface area contributed by atoms with Gasteiger partial charge in [0.05, 0.1) is 0 Å². The first kappa shape index (κ1) is 51.8. The molecule has 0 unspecified atom stereocenters. The van der Waals surface area contributed by atoms with E-state index in [9.17, 15) is 0 Å². The monoisotopic (exact) mass is 1020 g/mol. The van der Waals surface area contributed by atoms with E-state index in [0.29, 0.717) is 0 Å². The van der Waals surface area contributed by atoms with Crippen LogP contribution in [0.15, 0.2) is 218 Å². The van der Waals surface area contributed by atoms with E-state index in [-0.39, 0.29) is 0 Å². The molecule has 0 fully saturated rings. The number of aromatic nitrogens is 2. The van der Waals surface area contributed by atoms with Crippen molar-refractivity contribution in [3.63, 3.8) is 0 Å². The fourth-order valence-corrected chi connectivity index (χ4v) is 11.6. The molecule has 9 aromatic carbocycles. The lowest BCUT2D eigenvalue weighted by Gasteiger charge is -2.25. The third-order valence-corrected chi connectivity index (χ3v) is 15.7. The molecule has 0 atom stereocenters. The average molecular weight is 1020 g/mol. The van der Waals surface area contributed by atoms with Crippen LogP contribution in [-0.4, -0.2) is 9.13 Å². The van der Waals surface area contributed by atoms with Gasteiger partial charge in [-0.2, -0.15) is 0 Å². The second kappa shape index (κ2) is 25.2. The van der Waals surface area contributed by atoms with Crippen LogP contribution in [0.1, 0.15) is 113 Å². The molecule has 11 aromatic rings. The van der Waals surface area contributed by atoms with Crippen LogP contribution >= 0.6 is 0 Å². The summed E-state index contributed by atoms with van der Waals surface area (Å²) >= 11 is 0. The van der Waals surface area contributed by atoms with Crippen LogP contribution in [0.5, 0.6) is 0 Å². The van der Waals surface area contributed by atoms with Crippen molar-refractivity contribution < 1.29 is 0 Å². The molecule has 0 amide bonds. The predicted octanol–water partition coefficient (Wildman–Crippen LogP) is 21.9. The minimum absolute atomic E-state index is 1.01. The van der Waals surface area contributed by atoms with E-state index < -0.39 is 0 Å². The normalized spacial score (nSPS) is 11.8. The van der Waals surface area contributed by atoms with Crippen molar-refractivity contribution in [3.05, 3.63) is 241 Å². The third kappa shape index (κ3) is 11.8. The maximum Gasteiger partial charge on any atom is 0.0499 e. The van der Waals surface area contributed by atoms with Crippen molar-refractivity contribution in [2.75, 3.05) is 9.80 Å². The Balaban J connectivity index is 0.937. The van der Waals surface area contributed by atoms with E-state index in [1.165, 1.54) is 143 Å². The summed E-state index contributed by atoms with van der Waals surface area (Å²) in [6.45, 7) is 6.64. The number of anilines is 6. The molecular weight excluding hydrogens is 945 g/mol. The number of rotatable bonds is 24. The van der Waals surface area contributed by atoms with Crippen molar-refractivity contribution in [1.29, 1.82) is 0 Å². The van der Waals surface area contributed by atoms with Crippen LogP contribution in [0.4, 0.5) is 34.1 Å². The first-order valence-electron chi connectivity index (χ1n) is 29.0. The van der Waals surface area contributed by atoms with E-state index in [4.69, 9.17) is 0 Å². The lowest BCUT2D eigenvalue weighted by molar-refractivity contribution is 0.570. The fraction of sp³-hybridized carbons (Fsp3) is 0.216. The van der Waals surface area contributed by atoms with Crippen molar-refractivity contribution in [2.45, 2.75) is 104 Å². The molecule has 2 aromatic heterocycles. The van der Waals surface area contributed by atoms with E-state index in [2.05, 4.69) is 275 Å². The number of hydrogen-bond donors (Lipinski definition) is 0. The van der Waals surface area contributed by atoms with E-state index >= 15 is 0 Å². The van der Waals surface area contributed by atoms with Gasteiger partial charge in [0.25, 0.3) is 0 Å². The van der Waals surface area contributed by atoms with Gasteiger partial charge in [0.1, 0.15) is 0 Å². The van der Waals surface area contributed by atoms with Crippen LogP contribution in [0.2, 0.25) is 0 Å². The highest BCUT2D eigenvalue weighted by molar-refractivity contribution is 6.18. The summed E-state index contributed by atoms with van der Waals surface area (Å²) in [7, 11) is 0. The van der Waals surface area contributed by atoms with Crippen LogP contribution in [0.25, 0.3) is 67.9 Å². The zero-order valence-corrected chi connectivity index (χ0v) is 45.8. The molecular formula is C74H74N4. The maximum atomic E-state index is 2.64. The quantitative estimate of drug-likeness (QED) is 0.0443. The summed E-state index contributed by atoms with van der Waals surface area (Å²) in [5.74, 6) is 0. The highest BCUT2D eigenvalue weighted by Crippen LogP contribution is 2.40. The standard InChI is InChI=1S/C74H74N4/c1-3-5-7-9-11-25-51-75-71-49-43-59(37-35-57-39-45-65(46-40-57)77(61-27-17-13-18-28-61)62-29-19-14-20-30-62)53-67(71)69-56-74-70(55-73(69)75)68-54-60(44-50-72(68)76(74)52-26-12-10-8-6-4-2)38-36-58-41-47-66(48-42-58)78(63-31-21-15-22-32-63)64-33-23-16-24-34-64/h13-24,27-50,53-56H,3-12,25-26,51-52H2,1-2H3/b37-35+,38-36+. The Bertz CT molecular complexity index is 3410. The smallest absolute Gasteiger partial charge is 0.0499 e. The Morgan fingerprint density at radius 1 is 0.269 bits per heavy atom. The Kier molecular flexibility index (Phi) is 16.7. The number of hydrogen-bond acceptors (Lipinski definition) is 2. The summed E-state index contributed by atoms with van der Waals surface area (Å²) < 4.78 is 5.28. The fourth-order valence-electron chi connectivity index (χ4n) is 11.6. The predicted molar refractivity (Wildman–Crippen MR) is 339 cm³/mol. The molecule has 0 aliphatic carbocycles. The summed E-state index contributed by atoms with van der Waals surface area (Å²) in [5, 5.41) is 5.36. The topological polar surface area (TPSA) is 16.3 Å². The van der Waals surface area contributed by atoms with Crippen LogP contribution < -0.4 is 9.80 Å². The molecule has 0 radical (unpaired) electrons. The molecule has 4 nitrogen and oxygen atoms in total. The van der Waals surface area contributed by atoms with Crippen LogP contribution in [0, 0.1) is 0 Å². The molecule has 0 saturated heterocycles. The van der Waals surface area contributed by atoms with Gasteiger partial charge >= 0.3 is 0 Å². The molecule has 4 heteroatoms. The van der Waals surface area contributed by atoms with Gasteiger partial charge in [0, 0.05) is 90.8 Å². The minimum Gasteiger partial charge on any atom is -0.340 e. The van der Waals surface area contributed by atoms with E-state index in [0.717, 1.165) is 47.2 Å². The largest absolute Gasteiger partial charge is 0.340 e. The highest BCUT2D eigenvalue weighted by atomic mass is 15.1. The van der Waals surface area contributed by atoms with Gasteiger partial charge in [-0.25, -0.2) is 0 Å². The van der Waals surface area contributed by atoms with Gasteiger partial charge < -0.3 is 18.9 Å². The van der Waals surface area contributed by atoms with Crippen molar-refractivity contribution in [2.24, 2.45) is 0 Å². The molecule has 0 spiro atoms. The number of unbranched alkanes of at least 4 members (excludes halogenated alkanes) is 10. The molecule has 0 aliphatic heterocycles. The van der Waals surface area contributed by atoms with Gasteiger partial charge in [-0.15, -0.1) is 0 Å². The summed E-state index contributed by atoms with van der Waals surface area (Å²) in [4.78, 5) is 4.63. The number of benzene rings is 9. The van der Waals surface area contributed by atoms with E-state index in [1.807, 2.05) is 0 Å². The first-order chi connectivity index (χ1) is 38.6. The lowest BCUT2D eigenvalue weighted by atomic mass is 10.0. The van der Waals surface area contributed by atoms with Gasteiger partial charge in [0.15, 0.2) is 0 Å². The Morgan fingerprint density at radius 2 is 0.551 bits per heavy atom. The summed E-state index contributed by atoms with van der Waals surface area (Å²) in [6, 6.07) is 79.8. The molecule has 2 heterocycles. The Hall–Kier alpha value is -8.34. The van der Waals surface area contributed by atoms with Crippen molar-refractivity contribution in [3.8, 4) is 0 Å². The highest BCUT2D eigenvalue weighted by Gasteiger charge is 2.19. The zero-order valence-electron chi connectivity index (χ0n) is 45.8.